The van der Waals surface area contributed by atoms with Crippen LogP contribution >= 0.6 is 0 Å². The average molecular weight is 255 g/mol. The first kappa shape index (κ1) is 12.1. The molecule has 3 nitrogen and oxygen atoms in total. The molecule has 0 radical (unpaired) electrons. The molecule has 0 aliphatic heterocycles. The fourth-order valence-corrected chi connectivity index (χ4v) is 2.58. The van der Waals surface area contributed by atoms with E-state index in [-0.39, 0.29) is 12.1 Å². The Bertz CT molecular complexity index is 582. The Morgan fingerprint density at radius 3 is 2.42 bits per heavy atom. The Morgan fingerprint density at radius 2 is 1.68 bits per heavy atom. The van der Waals surface area contributed by atoms with E-state index in [1.54, 1.807) is 7.11 Å². The van der Waals surface area contributed by atoms with Gasteiger partial charge in [-0.1, -0.05) is 36.4 Å². The predicted molar refractivity (Wildman–Crippen MR) is 74.5 cm³/mol. The van der Waals surface area contributed by atoms with Crippen LogP contribution in [-0.4, -0.2) is 13.2 Å². The summed E-state index contributed by atoms with van der Waals surface area (Å²) in [6.45, 7) is 0. The maximum absolute atomic E-state index is 6.26. The summed E-state index contributed by atoms with van der Waals surface area (Å²) in [5.74, 6) is 1.49. The van der Waals surface area contributed by atoms with Gasteiger partial charge in [-0.2, -0.15) is 0 Å². The van der Waals surface area contributed by atoms with Crippen LogP contribution in [0.15, 0.2) is 48.5 Å². The van der Waals surface area contributed by atoms with Crippen molar-refractivity contribution in [3.8, 4) is 11.5 Å². The van der Waals surface area contributed by atoms with Gasteiger partial charge in [-0.3, -0.25) is 0 Å². The van der Waals surface area contributed by atoms with Crippen LogP contribution in [0, 0.1) is 0 Å². The summed E-state index contributed by atoms with van der Waals surface area (Å²) in [6, 6.07) is 15.8. The lowest BCUT2D eigenvalue weighted by molar-refractivity contribution is 0.177. The van der Waals surface area contributed by atoms with Crippen LogP contribution in [-0.2, 0) is 6.42 Å². The molecule has 0 spiro atoms. The van der Waals surface area contributed by atoms with Gasteiger partial charge in [0.25, 0.3) is 0 Å². The quantitative estimate of drug-likeness (QED) is 0.917. The van der Waals surface area contributed by atoms with E-state index in [9.17, 15) is 0 Å². The Hall–Kier alpha value is -2.00. The summed E-state index contributed by atoms with van der Waals surface area (Å²) in [5.41, 5.74) is 8.72. The van der Waals surface area contributed by atoms with Gasteiger partial charge in [0.1, 0.15) is 6.10 Å². The molecule has 98 valence electrons. The van der Waals surface area contributed by atoms with Crippen molar-refractivity contribution in [2.75, 3.05) is 7.11 Å². The topological polar surface area (TPSA) is 44.5 Å². The second kappa shape index (κ2) is 4.94. The highest BCUT2D eigenvalue weighted by Gasteiger charge is 2.31. The smallest absolute Gasteiger partial charge is 0.161 e. The third kappa shape index (κ3) is 2.17. The summed E-state index contributed by atoms with van der Waals surface area (Å²) < 4.78 is 11.3. The Labute approximate surface area is 113 Å². The van der Waals surface area contributed by atoms with E-state index in [1.807, 2.05) is 36.4 Å². The molecule has 0 heterocycles. The van der Waals surface area contributed by atoms with E-state index in [2.05, 4.69) is 12.1 Å². The van der Waals surface area contributed by atoms with Crippen molar-refractivity contribution < 1.29 is 9.47 Å². The summed E-state index contributed by atoms with van der Waals surface area (Å²) in [4.78, 5) is 0. The van der Waals surface area contributed by atoms with Gasteiger partial charge in [0.05, 0.1) is 13.2 Å². The number of ether oxygens (including phenoxy) is 2. The summed E-state index contributed by atoms with van der Waals surface area (Å²) >= 11 is 0. The molecule has 2 unspecified atom stereocenters. The number of methoxy groups -OCH3 is 1. The Balaban J connectivity index is 1.83. The zero-order valence-electron chi connectivity index (χ0n) is 10.9. The zero-order valence-corrected chi connectivity index (χ0v) is 10.9. The standard InChI is InChI=1S/C16H17NO2/c1-18-13-8-4-5-9-14(13)19-15-10-11-6-2-3-7-12(11)16(15)17/h2-9,15-16H,10,17H2,1H3. The lowest BCUT2D eigenvalue weighted by Gasteiger charge is -2.19. The van der Waals surface area contributed by atoms with Crippen LogP contribution < -0.4 is 15.2 Å². The van der Waals surface area contributed by atoms with Gasteiger partial charge in [0, 0.05) is 6.42 Å². The van der Waals surface area contributed by atoms with Crippen LogP contribution in [0.25, 0.3) is 0 Å². The third-order valence-electron chi connectivity index (χ3n) is 3.58. The molecular formula is C16H17NO2. The molecular weight excluding hydrogens is 238 g/mol. The lowest BCUT2D eigenvalue weighted by atomic mass is 10.1. The van der Waals surface area contributed by atoms with E-state index in [1.165, 1.54) is 11.1 Å². The highest BCUT2D eigenvalue weighted by atomic mass is 16.5. The first-order valence-corrected chi connectivity index (χ1v) is 6.42. The zero-order chi connectivity index (χ0) is 13.2. The maximum atomic E-state index is 6.26. The molecule has 0 bridgehead atoms. The predicted octanol–water partition coefficient (Wildman–Crippen LogP) is 2.70. The fourth-order valence-electron chi connectivity index (χ4n) is 2.58. The lowest BCUT2D eigenvalue weighted by Crippen LogP contribution is -2.27. The fraction of sp³-hybridized carbons (Fsp3) is 0.250. The molecule has 0 fully saturated rings. The minimum absolute atomic E-state index is 0.0336. The van der Waals surface area contributed by atoms with Gasteiger partial charge in [-0.15, -0.1) is 0 Å². The number of rotatable bonds is 3. The van der Waals surface area contributed by atoms with Crippen molar-refractivity contribution in [1.29, 1.82) is 0 Å². The van der Waals surface area contributed by atoms with E-state index in [0.717, 1.165) is 17.9 Å². The summed E-state index contributed by atoms with van der Waals surface area (Å²) in [6.07, 6.45) is 0.809. The number of hydrogen-bond donors (Lipinski definition) is 1. The number of para-hydroxylation sites is 2. The molecule has 0 saturated carbocycles. The molecule has 2 N–H and O–H groups in total. The normalized spacial score (nSPS) is 20.9. The molecule has 0 amide bonds. The molecule has 0 saturated heterocycles. The number of hydrogen-bond acceptors (Lipinski definition) is 3. The van der Waals surface area contributed by atoms with E-state index in [4.69, 9.17) is 15.2 Å². The van der Waals surface area contributed by atoms with Crippen LogP contribution in [0.5, 0.6) is 11.5 Å². The van der Waals surface area contributed by atoms with Crippen molar-refractivity contribution >= 4 is 0 Å². The van der Waals surface area contributed by atoms with Crippen molar-refractivity contribution in [2.45, 2.75) is 18.6 Å². The maximum Gasteiger partial charge on any atom is 0.161 e. The second-order valence-corrected chi connectivity index (χ2v) is 4.74. The summed E-state index contributed by atoms with van der Waals surface area (Å²) in [7, 11) is 1.64. The van der Waals surface area contributed by atoms with Crippen LogP contribution in [0.2, 0.25) is 0 Å². The Kier molecular flexibility index (Phi) is 3.13. The SMILES string of the molecule is COc1ccccc1OC1Cc2ccccc2C1N. The minimum atomic E-state index is -0.0823. The average Bonchev–Trinajstić information content (AvgIpc) is 2.77. The second-order valence-electron chi connectivity index (χ2n) is 4.74. The molecule has 0 aromatic heterocycles. The highest BCUT2D eigenvalue weighted by molar-refractivity contribution is 5.41. The van der Waals surface area contributed by atoms with E-state index >= 15 is 0 Å². The van der Waals surface area contributed by atoms with Gasteiger partial charge < -0.3 is 15.2 Å². The van der Waals surface area contributed by atoms with Crippen molar-refractivity contribution in [2.24, 2.45) is 5.73 Å². The van der Waals surface area contributed by atoms with Gasteiger partial charge in [0.15, 0.2) is 11.5 Å². The number of fused-ring (bicyclic) bond motifs is 1. The molecule has 3 heteroatoms. The number of nitrogens with two attached hydrogens (primary N) is 1. The molecule has 2 aromatic rings. The number of benzene rings is 2. The Morgan fingerprint density at radius 1 is 1.00 bits per heavy atom. The van der Waals surface area contributed by atoms with Crippen molar-refractivity contribution in [3.05, 3.63) is 59.7 Å². The van der Waals surface area contributed by atoms with Crippen molar-refractivity contribution in [1.82, 2.24) is 0 Å². The van der Waals surface area contributed by atoms with Gasteiger partial charge in [0.2, 0.25) is 0 Å². The van der Waals surface area contributed by atoms with E-state index in [0.29, 0.717) is 0 Å². The molecule has 2 atom stereocenters. The summed E-state index contributed by atoms with van der Waals surface area (Å²) in [5, 5.41) is 0. The monoisotopic (exact) mass is 255 g/mol. The van der Waals surface area contributed by atoms with Gasteiger partial charge >= 0.3 is 0 Å². The van der Waals surface area contributed by atoms with Crippen molar-refractivity contribution in [3.63, 3.8) is 0 Å². The van der Waals surface area contributed by atoms with E-state index < -0.39 is 0 Å². The van der Waals surface area contributed by atoms with Gasteiger partial charge in [-0.25, -0.2) is 0 Å². The van der Waals surface area contributed by atoms with Gasteiger partial charge in [-0.05, 0) is 23.3 Å². The molecule has 2 aromatic carbocycles. The molecule has 1 aliphatic rings. The first-order valence-electron chi connectivity index (χ1n) is 6.42. The minimum Gasteiger partial charge on any atom is -0.493 e. The molecule has 1 aliphatic carbocycles. The largest absolute Gasteiger partial charge is 0.493 e. The molecule has 19 heavy (non-hydrogen) atoms. The van der Waals surface area contributed by atoms with Crippen LogP contribution in [0.1, 0.15) is 17.2 Å². The third-order valence-corrected chi connectivity index (χ3v) is 3.58. The van der Waals surface area contributed by atoms with Crippen LogP contribution in [0.3, 0.4) is 0 Å². The van der Waals surface area contributed by atoms with Crippen LogP contribution in [0.4, 0.5) is 0 Å². The molecule has 3 rings (SSSR count). The highest BCUT2D eigenvalue weighted by Crippen LogP contribution is 2.35. The first-order chi connectivity index (χ1) is 9.29.